The Bertz CT molecular complexity index is 1550. The molecule has 3 aliphatic rings. The molecule has 0 unspecified atom stereocenters. The van der Waals surface area contributed by atoms with E-state index in [1.54, 1.807) is 29.0 Å². The number of carbonyl (C=O) groups excluding carboxylic acids is 1. The molecule has 0 saturated carbocycles. The third-order valence-electron chi connectivity index (χ3n) is 9.79. The number of nitrogens with one attached hydrogen (secondary N) is 4. The zero-order valence-corrected chi connectivity index (χ0v) is 29.2. The van der Waals surface area contributed by atoms with E-state index in [2.05, 4.69) is 33.4 Å². The number of hydrogen-bond donors (Lipinski definition) is 5. The summed E-state index contributed by atoms with van der Waals surface area (Å²) in [5, 5.41) is 23.5. The number of aromatic nitrogens is 1. The van der Waals surface area contributed by atoms with Gasteiger partial charge in [0.25, 0.3) is 0 Å². The molecule has 3 atom stereocenters. The highest BCUT2D eigenvalue weighted by atomic mass is 16.5. The fourth-order valence-electron chi connectivity index (χ4n) is 6.75. The lowest BCUT2D eigenvalue weighted by atomic mass is 9.85. The van der Waals surface area contributed by atoms with Crippen LogP contribution in [0.1, 0.15) is 102 Å². The van der Waals surface area contributed by atoms with Gasteiger partial charge in [-0.2, -0.15) is 0 Å². The number of amides is 2. The molecule has 1 aromatic carbocycles. The number of aliphatic imine (C=N–C) groups is 1. The number of rotatable bonds is 7. The van der Waals surface area contributed by atoms with Gasteiger partial charge >= 0.3 is 6.03 Å². The van der Waals surface area contributed by atoms with Crippen LogP contribution in [0.25, 0.3) is 0 Å². The van der Waals surface area contributed by atoms with Crippen LogP contribution < -0.4 is 26.6 Å². The highest BCUT2D eigenvalue weighted by Gasteiger charge is 2.30. The molecule has 260 valence electrons. The summed E-state index contributed by atoms with van der Waals surface area (Å²) in [6.45, 7) is 12.7. The van der Waals surface area contributed by atoms with Gasteiger partial charge in [-0.3, -0.25) is 25.7 Å². The maximum atomic E-state index is 13.4. The Hall–Kier alpha value is -4.12. The van der Waals surface area contributed by atoms with Gasteiger partial charge in [0.2, 0.25) is 5.96 Å². The highest BCUT2D eigenvalue weighted by molar-refractivity contribution is 6.04. The second-order valence-electron chi connectivity index (χ2n) is 14.5. The van der Waals surface area contributed by atoms with E-state index in [0.717, 1.165) is 50.1 Å². The van der Waals surface area contributed by atoms with Gasteiger partial charge in [0.15, 0.2) is 0 Å². The Morgan fingerprint density at radius 3 is 2.48 bits per heavy atom. The zero-order chi connectivity index (χ0) is 34.3. The average Bonchev–Trinajstić information content (AvgIpc) is 3.06. The van der Waals surface area contributed by atoms with Crippen LogP contribution in [0, 0.1) is 16.2 Å². The Kier molecular flexibility index (Phi) is 11.6. The number of pyridine rings is 1. The second-order valence-corrected chi connectivity index (χ2v) is 14.5. The predicted molar refractivity (Wildman–Crippen MR) is 191 cm³/mol. The largest absolute Gasteiger partial charge is 0.484 e. The van der Waals surface area contributed by atoms with Gasteiger partial charge in [0, 0.05) is 30.2 Å². The maximum absolute atomic E-state index is 13.4. The smallest absolute Gasteiger partial charge is 0.320 e. The number of fused-ring (bicyclic) bond motifs is 1. The summed E-state index contributed by atoms with van der Waals surface area (Å²) in [7, 11) is 0. The third-order valence-corrected chi connectivity index (χ3v) is 9.79. The van der Waals surface area contributed by atoms with Crippen molar-refractivity contribution in [3.8, 4) is 5.75 Å². The fourth-order valence-corrected chi connectivity index (χ4v) is 6.75. The molecule has 2 saturated heterocycles. The van der Waals surface area contributed by atoms with Crippen molar-refractivity contribution in [1.29, 1.82) is 10.8 Å². The van der Waals surface area contributed by atoms with Crippen molar-refractivity contribution >= 4 is 17.8 Å². The second kappa shape index (κ2) is 15.9. The van der Waals surface area contributed by atoms with Crippen molar-refractivity contribution in [2.75, 3.05) is 32.7 Å². The molecule has 2 fully saturated rings. The minimum atomic E-state index is -0.318. The topological polar surface area (TPSA) is 148 Å². The SMILES string of the molecule is C[C@H]1CCCCN1C(=N)n1cc(O[C@@H]2CC[C@H](NC(=O)NC(C=C(N)C(C)(C)C)=NCCN3CCCCC3)c3ccccc32)ccc1=N. The molecule has 0 radical (unpaired) electrons. The molecule has 5 rings (SSSR count). The first-order chi connectivity index (χ1) is 23.0. The number of nitrogens with two attached hydrogens (primary N) is 1. The summed E-state index contributed by atoms with van der Waals surface area (Å²) in [4.78, 5) is 22.7. The number of carbonyl (C=O) groups is 1. The first-order valence-corrected chi connectivity index (χ1v) is 17.7. The van der Waals surface area contributed by atoms with Gasteiger partial charge in [-0.25, -0.2) is 4.79 Å². The number of urea groups is 1. The third kappa shape index (κ3) is 9.06. The highest BCUT2D eigenvalue weighted by Crippen LogP contribution is 2.38. The Balaban J connectivity index is 1.27. The number of hydrogen-bond acceptors (Lipinski definition) is 7. The number of amidine groups is 1. The summed E-state index contributed by atoms with van der Waals surface area (Å²) < 4.78 is 8.14. The number of piperidine rings is 2. The number of allylic oxidation sites excluding steroid dienone is 1. The number of ether oxygens (including phenoxy) is 1. The van der Waals surface area contributed by atoms with Gasteiger partial charge in [-0.05, 0) is 94.3 Å². The molecule has 11 nitrogen and oxygen atoms in total. The van der Waals surface area contributed by atoms with E-state index in [9.17, 15) is 4.79 Å². The first kappa shape index (κ1) is 35.2. The Morgan fingerprint density at radius 2 is 1.75 bits per heavy atom. The van der Waals surface area contributed by atoms with E-state index in [1.165, 1.54) is 25.7 Å². The van der Waals surface area contributed by atoms with Gasteiger partial charge in [0.1, 0.15) is 23.2 Å². The van der Waals surface area contributed by atoms with E-state index in [-0.39, 0.29) is 35.1 Å². The van der Waals surface area contributed by atoms with Gasteiger partial charge in [0.05, 0.1) is 18.8 Å². The van der Waals surface area contributed by atoms with Crippen molar-refractivity contribution in [3.05, 3.63) is 71.0 Å². The molecule has 6 N–H and O–H groups in total. The normalized spacial score (nSPS) is 22.5. The minimum Gasteiger partial charge on any atom is -0.484 e. The van der Waals surface area contributed by atoms with Crippen LogP contribution in [-0.4, -0.2) is 71.0 Å². The van der Waals surface area contributed by atoms with E-state index in [0.29, 0.717) is 42.6 Å². The number of nitrogens with zero attached hydrogens (tertiary/aromatic N) is 4. The summed E-state index contributed by atoms with van der Waals surface area (Å²) in [5.41, 5.74) is 9.08. The van der Waals surface area contributed by atoms with Crippen molar-refractivity contribution < 1.29 is 9.53 Å². The monoisotopic (exact) mass is 657 g/mol. The van der Waals surface area contributed by atoms with Crippen molar-refractivity contribution in [2.45, 2.75) is 97.2 Å². The molecule has 1 aromatic heterocycles. The van der Waals surface area contributed by atoms with Gasteiger partial charge in [-0.15, -0.1) is 0 Å². The molecule has 2 aliphatic heterocycles. The van der Waals surface area contributed by atoms with E-state index in [4.69, 9.17) is 26.3 Å². The fraction of sp³-hybridized carbons (Fsp3) is 0.568. The Labute approximate surface area is 285 Å². The van der Waals surface area contributed by atoms with Crippen LogP contribution in [0.2, 0.25) is 0 Å². The minimum absolute atomic E-state index is 0.200. The summed E-state index contributed by atoms with van der Waals surface area (Å²) in [6, 6.07) is 11.3. The summed E-state index contributed by atoms with van der Waals surface area (Å²) >= 11 is 0. The van der Waals surface area contributed by atoms with Crippen molar-refractivity contribution in [2.24, 2.45) is 16.1 Å². The van der Waals surface area contributed by atoms with Crippen molar-refractivity contribution in [1.82, 2.24) is 25.0 Å². The van der Waals surface area contributed by atoms with Crippen LogP contribution in [0.3, 0.4) is 0 Å². The average molecular weight is 658 g/mol. The lowest BCUT2D eigenvalue weighted by Gasteiger charge is -2.36. The lowest BCUT2D eigenvalue weighted by molar-refractivity contribution is 0.170. The van der Waals surface area contributed by atoms with Crippen molar-refractivity contribution in [3.63, 3.8) is 0 Å². The van der Waals surface area contributed by atoms with Gasteiger partial charge < -0.3 is 25.6 Å². The number of benzene rings is 1. The molecule has 3 heterocycles. The van der Waals surface area contributed by atoms with E-state index < -0.39 is 0 Å². The van der Waals surface area contributed by atoms with Gasteiger partial charge in [-0.1, -0.05) is 51.5 Å². The first-order valence-electron chi connectivity index (χ1n) is 17.7. The summed E-state index contributed by atoms with van der Waals surface area (Å²) in [5.74, 6) is 1.39. The molecule has 0 spiro atoms. The molecule has 2 aromatic rings. The van der Waals surface area contributed by atoms with E-state index in [1.807, 2.05) is 39.0 Å². The molecule has 11 heteroatoms. The number of likely N-dealkylation sites (tertiary alicyclic amines) is 2. The summed E-state index contributed by atoms with van der Waals surface area (Å²) in [6.07, 6.45) is 11.7. The maximum Gasteiger partial charge on any atom is 0.320 e. The molecular formula is C37H55N9O2. The van der Waals surface area contributed by atoms with Crippen LogP contribution in [-0.2, 0) is 0 Å². The van der Waals surface area contributed by atoms with E-state index >= 15 is 0 Å². The van der Waals surface area contributed by atoms with Crippen LogP contribution in [0.15, 0.2) is 59.4 Å². The standard InChI is InChI=1S/C37H55N9O2/c1-26-12-8-11-22-45(26)35(40)46-25-27(15-18-33(46)39)48-31-17-16-30(28-13-6-7-14-29(28)31)42-36(47)43-34(24-32(38)37(2,3)4)41-19-23-44-20-9-5-10-21-44/h6-7,13-15,18,24-26,30-31,39-40H,5,8-12,16-17,19-23,38H2,1-4H3,(H2,41,42,43,47)/t26-,30-,31+/m0/s1. The predicted octanol–water partition coefficient (Wildman–Crippen LogP) is 5.65. The molecular weight excluding hydrogens is 602 g/mol. The van der Waals surface area contributed by atoms with Crippen LogP contribution >= 0.6 is 0 Å². The molecule has 1 aliphatic carbocycles. The molecule has 0 bridgehead atoms. The lowest BCUT2D eigenvalue weighted by Crippen LogP contribution is -2.47. The quantitative estimate of drug-likeness (QED) is 0.193. The molecule has 2 amide bonds. The van der Waals surface area contributed by atoms with Crippen LogP contribution in [0.4, 0.5) is 4.79 Å². The zero-order valence-electron chi connectivity index (χ0n) is 29.2. The molecule has 48 heavy (non-hydrogen) atoms. The Morgan fingerprint density at radius 1 is 1.02 bits per heavy atom. The van der Waals surface area contributed by atoms with Crippen LogP contribution in [0.5, 0.6) is 5.75 Å².